The summed E-state index contributed by atoms with van der Waals surface area (Å²) in [6.45, 7) is 0. The maximum atomic E-state index is 11.3. The van der Waals surface area contributed by atoms with Gasteiger partial charge in [0.15, 0.2) is 5.75 Å². The van der Waals surface area contributed by atoms with Gasteiger partial charge in [0, 0.05) is 33.5 Å². The lowest BCUT2D eigenvalue weighted by Gasteiger charge is -2.03. The molecule has 0 radical (unpaired) electrons. The van der Waals surface area contributed by atoms with Gasteiger partial charge in [0.25, 0.3) is 0 Å². The molecule has 1 aromatic carbocycles. The molecule has 0 bridgehead atoms. The second-order valence-electron chi connectivity index (χ2n) is 3.67. The third-order valence-corrected chi connectivity index (χ3v) is 4.21. The molecule has 0 amide bonds. The van der Waals surface area contributed by atoms with Crippen LogP contribution in [0.1, 0.15) is 5.69 Å². The maximum Gasteiger partial charge on any atom is 0.223 e. The van der Waals surface area contributed by atoms with Crippen molar-refractivity contribution in [1.82, 2.24) is 4.98 Å². The van der Waals surface area contributed by atoms with Crippen molar-refractivity contribution in [2.45, 2.75) is 15.5 Å². The molecular formula is C13H13NO2S2. The van der Waals surface area contributed by atoms with Gasteiger partial charge in [0.05, 0.1) is 0 Å². The Kier molecular flexibility index (Phi) is 4.38. The summed E-state index contributed by atoms with van der Waals surface area (Å²) in [7, 11) is 0. The van der Waals surface area contributed by atoms with Crippen LogP contribution in [0.4, 0.5) is 0 Å². The highest BCUT2D eigenvalue weighted by atomic mass is 32.2. The zero-order valence-electron chi connectivity index (χ0n) is 9.84. The molecular weight excluding hydrogens is 266 g/mol. The van der Waals surface area contributed by atoms with E-state index in [1.54, 1.807) is 23.5 Å². The number of benzene rings is 1. The van der Waals surface area contributed by atoms with Crippen molar-refractivity contribution in [1.29, 1.82) is 0 Å². The highest BCUT2D eigenvalue weighted by Gasteiger charge is 2.01. The fourth-order valence-corrected chi connectivity index (χ4v) is 2.65. The molecule has 0 atom stereocenters. The minimum atomic E-state index is -0.345. The average Bonchev–Trinajstić information content (AvgIpc) is 2.41. The van der Waals surface area contributed by atoms with Crippen LogP contribution in [-0.2, 0) is 5.75 Å². The zero-order valence-corrected chi connectivity index (χ0v) is 11.5. The van der Waals surface area contributed by atoms with Crippen LogP contribution < -0.4 is 5.43 Å². The van der Waals surface area contributed by atoms with Crippen LogP contribution in [0.5, 0.6) is 5.75 Å². The lowest BCUT2D eigenvalue weighted by atomic mass is 10.3. The van der Waals surface area contributed by atoms with E-state index in [9.17, 15) is 4.79 Å². The van der Waals surface area contributed by atoms with Crippen molar-refractivity contribution in [3.63, 3.8) is 0 Å². The van der Waals surface area contributed by atoms with Crippen molar-refractivity contribution in [2.75, 3.05) is 6.26 Å². The Morgan fingerprint density at radius 1 is 1.22 bits per heavy atom. The van der Waals surface area contributed by atoms with Gasteiger partial charge in [-0.3, -0.25) is 4.79 Å². The standard InChI is InChI=1S/C13H13NO2S2/c1-17-10-2-4-11(5-3-10)18-8-9-6-12(15)13(16)7-14-9/h2-7,16H,8H2,1H3,(H,14,15). The van der Waals surface area contributed by atoms with Crippen molar-refractivity contribution in [2.24, 2.45) is 0 Å². The number of H-pyrrole nitrogens is 1. The number of pyridine rings is 1. The van der Waals surface area contributed by atoms with E-state index in [0.717, 1.165) is 10.6 Å². The van der Waals surface area contributed by atoms with Crippen LogP contribution in [0.15, 0.2) is 51.1 Å². The molecule has 1 heterocycles. The predicted molar refractivity (Wildman–Crippen MR) is 76.5 cm³/mol. The van der Waals surface area contributed by atoms with Gasteiger partial charge in [-0.05, 0) is 30.5 Å². The van der Waals surface area contributed by atoms with E-state index in [-0.39, 0.29) is 11.2 Å². The van der Waals surface area contributed by atoms with E-state index >= 15 is 0 Å². The molecule has 0 aliphatic carbocycles. The predicted octanol–water partition coefficient (Wildman–Crippen LogP) is 3.09. The first-order valence-electron chi connectivity index (χ1n) is 5.36. The molecule has 0 aliphatic heterocycles. The summed E-state index contributed by atoms with van der Waals surface area (Å²) in [6.07, 6.45) is 3.37. The Hall–Kier alpha value is -1.33. The SMILES string of the molecule is CSc1ccc(SCc2cc(=O)c(O)c[nH]2)cc1. The van der Waals surface area contributed by atoms with E-state index in [1.807, 2.05) is 6.26 Å². The number of thioether (sulfide) groups is 2. The Morgan fingerprint density at radius 2 is 1.89 bits per heavy atom. The number of hydrogen-bond acceptors (Lipinski definition) is 4. The molecule has 0 fully saturated rings. The van der Waals surface area contributed by atoms with Crippen molar-refractivity contribution < 1.29 is 5.11 Å². The highest BCUT2D eigenvalue weighted by Crippen LogP contribution is 2.24. The van der Waals surface area contributed by atoms with E-state index in [4.69, 9.17) is 5.11 Å². The second-order valence-corrected chi connectivity index (χ2v) is 5.60. The van der Waals surface area contributed by atoms with Crippen LogP contribution in [0.3, 0.4) is 0 Å². The summed E-state index contributed by atoms with van der Waals surface area (Å²) >= 11 is 3.36. The quantitative estimate of drug-likeness (QED) is 0.844. The number of aromatic amines is 1. The minimum absolute atomic E-state index is 0.243. The number of aromatic hydroxyl groups is 1. The lowest BCUT2D eigenvalue weighted by molar-refractivity contribution is 0.467. The summed E-state index contributed by atoms with van der Waals surface area (Å²) in [5, 5.41) is 9.13. The molecule has 5 heteroatoms. The highest BCUT2D eigenvalue weighted by molar-refractivity contribution is 7.99. The van der Waals surface area contributed by atoms with Crippen LogP contribution >= 0.6 is 23.5 Å². The fraction of sp³-hybridized carbons (Fsp3) is 0.154. The second kappa shape index (κ2) is 6.02. The normalized spacial score (nSPS) is 10.5. The van der Waals surface area contributed by atoms with Gasteiger partial charge in [-0.1, -0.05) is 0 Å². The van der Waals surface area contributed by atoms with Crippen molar-refractivity contribution >= 4 is 23.5 Å². The Balaban J connectivity index is 2.02. The molecule has 1 aromatic heterocycles. The Bertz CT molecular complexity index is 578. The van der Waals surface area contributed by atoms with Crippen molar-refractivity contribution in [3.05, 3.63) is 52.4 Å². The number of aromatic nitrogens is 1. The average molecular weight is 279 g/mol. The Labute approximate surface area is 114 Å². The molecule has 18 heavy (non-hydrogen) atoms. The van der Waals surface area contributed by atoms with Gasteiger partial charge in [0.2, 0.25) is 5.43 Å². The first kappa shape index (κ1) is 13.1. The maximum absolute atomic E-state index is 11.3. The van der Waals surface area contributed by atoms with E-state index < -0.39 is 0 Å². The van der Waals surface area contributed by atoms with E-state index in [0.29, 0.717) is 5.75 Å². The van der Waals surface area contributed by atoms with E-state index in [2.05, 4.69) is 29.2 Å². The molecule has 0 spiro atoms. The molecule has 94 valence electrons. The number of rotatable bonds is 4. The van der Waals surface area contributed by atoms with Gasteiger partial charge in [-0.25, -0.2) is 0 Å². The molecule has 3 nitrogen and oxygen atoms in total. The number of nitrogens with one attached hydrogen (secondary N) is 1. The summed E-state index contributed by atoms with van der Waals surface area (Å²) in [5.41, 5.74) is 0.457. The van der Waals surface area contributed by atoms with Crippen molar-refractivity contribution in [3.8, 4) is 5.75 Å². The Morgan fingerprint density at radius 3 is 2.50 bits per heavy atom. The molecule has 0 unspecified atom stereocenters. The molecule has 2 rings (SSSR count). The van der Waals surface area contributed by atoms with Crippen LogP contribution in [0.2, 0.25) is 0 Å². The molecule has 0 saturated heterocycles. The third-order valence-electron chi connectivity index (χ3n) is 2.41. The summed E-state index contributed by atoms with van der Waals surface area (Å²) in [4.78, 5) is 16.5. The van der Waals surface area contributed by atoms with Gasteiger partial charge in [-0.15, -0.1) is 23.5 Å². The smallest absolute Gasteiger partial charge is 0.223 e. The van der Waals surface area contributed by atoms with Gasteiger partial charge < -0.3 is 10.1 Å². The summed E-state index contributed by atoms with van der Waals surface area (Å²) < 4.78 is 0. The van der Waals surface area contributed by atoms with Crippen LogP contribution in [0, 0.1) is 0 Å². The zero-order chi connectivity index (χ0) is 13.0. The molecule has 0 aliphatic rings. The van der Waals surface area contributed by atoms with Crippen LogP contribution in [0.25, 0.3) is 0 Å². The minimum Gasteiger partial charge on any atom is -0.503 e. The van der Waals surface area contributed by atoms with Crippen LogP contribution in [-0.4, -0.2) is 16.3 Å². The molecule has 2 aromatic rings. The first-order chi connectivity index (χ1) is 8.69. The lowest BCUT2D eigenvalue weighted by Crippen LogP contribution is -2.01. The summed E-state index contributed by atoms with van der Waals surface area (Å²) in [5.74, 6) is 0.432. The molecule has 0 saturated carbocycles. The first-order valence-corrected chi connectivity index (χ1v) is 7.57. The number of hydrogen-bond donors (Lipinski definition) is 2. The monoisotopic (exact) mass is 279 g/mol. The topological polar surface area (TPSA) is 53.1 Å². The largest absolute Gasteiger partial charge is 0.503 e. The van der Waals surface area contributed by atoms with Gasteiger partial charge in [0.1, 0.15) is 0 Å². The summed E-state index contributed by atoms with van der Waals surface area (Å²) in [6, 6.07) is 9.71. The van der Waals surface area contributed by atoms with Gasteiger partial charge in [-0.2, -0.15) is 0 Å². The third kappa shape index (κ3) is 3.34. The van der Waals surface area contributed by atoms with Gasteiger partial charge >= 0.3 is 0 Å². The van der Waals surface area contributed by atoms with E-state index in [1.165, 1.54) is 17.2 Å². The fourth-order valence-electron chi connectivity index (χ4n) is 1.42. The molecule has 2 N–H and O–H groups in total.